The lowest BCUT2D eigenvalue weighted by Crippen LogP contribution is -2.41. The Hall–Kier alpha value is -3.78. The number of para-hydroxylation sites is 1. The number of fused-ring (bicyclic) bond motifs is 1. The standard InChI is InChI=1S/C23H23ClN8O4S/c24-15-3-1-2-4-16(15)29-21(33)30-22-26-13-19(37-22)17-11-18(14-12-27-31-20(14)28-17)36-23(34)25-5-6-32-7-9-35-10-8-32/h1-4,11-13H,5-10H2,(H,25,34)(H,27,28,31)(H2,26,29,30,33). The van der Waals surface area contributed by atoms with Crippen LogP contribution in [0.1, 0.15) is 0 Å². The van der Waals surface area contributed by atoms with Crippen molar-refractivity contribution in [2.24, 2.45) is 0 Å². The Morgan fingerprint density at radius 3 is 2.86 bits per heavy atom. The van der Waals surface area contributed by atoms with Gasteiger partial charge in [-0.15, -0.1) is 0 Å². The Labute approximate surface area is 220 Å². The van der Waals surface area contributed by atoms with Crippen molar-refractivity contribution in [1.82, 2.24) is 30.4 Å². The zero-order chi connectivity index (χ0) is 25.6. The predicted octanol–water partition coefficient (Wildman–Crippen LogP) is 3.80. The van der Waals surface area contributed by atoms with Gasteiger partial charge in [0.25, 0.3) is 0 Å². The van der Waals surface area contributed by atoms with E-state index in [0.29, 0.717) is 69.5 Å². The first-order chi connectivity index (χ1) is 18.0. The first-order valence-electron chi connectivity index (χ1n) is 11.4. The number of thiazole rings is 1. The third-order valence-corrected chi connectivity index (χ3v) is 6.75. The van der Waals surface area contributed by atoms with Crippen molar-refractivity contribution in [3.63, 3.8) is 0 Å². The summed E-state index contributed by atoms with van der Waals surface area (Å²) in [6, 6.07) is 8.07. The summed E-state index contributed by atoms with van der Waals surface area (Å²) in [5, 5.41) is 16.3. The molecule has 4 N–H and O–H groups in total. The monoisotopic (exact) mass is 542 g/mol. The van der Waals surface area contributed by atoms with Crippen LogP contribution in [-0.2, 0) is 4.74 Å². The van der Waals surface area contributed by atoms with E-state index in [1.54, 1.807) is 42.7 Å². The van der Waals surface area contributed by atoms with Crippen LogP contribution < -0.4 is 20.7 Å². The second-order valence-corrected chi connectivity index (χ2v) is 9.43. The third-order valence-electron chi connectivity index (χ3n) is 5.49. The van der Waals surface area contributed by atoms with Crippen molar-refractivity contribution < 1.29 is 19.1 Å². The summed E-state index contributed by atoms with van der Waals surface area (Å²) in [5.41, 5.74) is 1.44. The van der Waals surface area contributed by atoms with Crippen LogP contribution >= 0.6 is 22.9 Å². The number of morpholine rings is 1. The van der Waals surface area contributed by atoms with Gasteiger partial charge >= 0.3 is 12.1 Å². The number of carbonyl (C=O) groups excluding carboxylic acids is 2. The van der Waals surface area contributed by atoms with Gasteiger partial charge in [-0.25, -0.2) is 19.6 Å². The number of rotatable bonds is 7. The highest BCUT2D eigenvalue weighted by Gasteiger charge is 2.17. The molecular formula is C23H23ClN8O4S. The molecule has 4 aromatic rings. The van der Waals surface area contributed by atoms with Crippen LogP contribution in [0.15, 0.2) is 42.7 Å². The van der Waals surface area contributed by atoms with Gasteiger partial charge in [-0.05, 0) is 12.1 Å². The molecule has 37 heavy (non-hydrogen) atoms. The molecule has 0 unspecified atom stereocenters. The molecule has 3 amide bonds. The molecule has 0 bridgehead atoms. The van der Waals surface area contributed by atoms with E-state index in [2.05, 4.69) is 41.0 Å². The molecule has 0 radical (unpaired) electrons. The number of ether oxygens (including phenoxy) is 2. The van der Waals surface area contributed by atoms with E-state index >= 15 is 0 Å². The number of halogens is 1. The van der Waals surface area contributed by atoms with E-state index in [4.69, 9.17) is 21.1 Å². The molecule has 0 spiro atoms. The van der Waals surface area contributed by atoms with Crippen LogP contribution in [0.5, 0.6) is 5.75 Å². The number of pyridine rings is 1. The lowest BCUT2D eigenvalue weighted by molar-refractivity contribution is 0.0385. The molecule has 1 aliphatic rings. The normalized spacial score (nSPS) is 13.9. The summed E-state index contributed by atoms with van der Waals surface area (Å²) < 4.78 is 10.9. The van der Waals surface area contributed by atoms with Crippen LogP contribution in [-0.4, -0.2) is 76.6 Å². The summed E-state index contributed by atoms with van der Waals surface area (Å²) in [7, 11) is 0. The lowest BCUT2D eigenvalue weighted by Gasteiger charge is -2.26. The van der Waals surface area contributed by atoms with E-state index in [9.17, 15) is 9.59 Å². The number of hydrogen-bond acceptors (Lipinski definition) is 9. The van der Waals surface area contributed by atoms with Gasteiger partial charge in [-0.2, -0.15) is 5.10 Å². The molecule has 1 saturated heterocycles. The van der Waals surface area contributed by atoms with E-state index in [1.807, 2.05) is 0 Å². The molecule has 5 rings (SSSR count). The van der Waals surface area contributed by atoms with E-state index < -0.39 is 12.1 Å². The van der Waals surface area contributed by atoms with Crippen LogP contribution in [0.3, 0.4) is 0 Å². The molecule has 0 aliphatic carbocycles. The molecule has 4 heterocycles. The SMILES string of the molecule is O=C(Nc1ncc(-c2cc(OC(=O)NCCN3CCOCC3)c3cn[nH]c3n2)s1)Nc1ccccc1Cl. The van der Waals surface area contributed by atoms with Gasteiger partial charge in [0.05, 0.1) is 46.1 Å². The van der Waals surface area contributed by atoms with E-state index in [0.717, 1.165) is 13.1 Å². The number of H-pyrrole nitrogens is 1. The number of amides is 3. The zero-order valence-electron chi connectivity index (χ0n) is 19.5. The number of nitrogens with one attached hydrogen (secondary N) is 4. The Kier molecular flexibility index (Phi) is 7.75. The van der Waals surface area contributed by atoms with Crippen LogP contribution in [0.25, 0.3) is 21.6 Å². The molecule has 192 valence electrons. The van der Waals surface area contributed by atoms with E-state index in [-0.39, 0.29) is 0 Å². The molecule has 12 nitrogen and oxygen atoms in total. The van der Waals surface area contributed by atoms with Gasteiger partial charge < -0.3 is 20.1 Å². The van der Waals surface area contributed by atoms with Crippen molar-refractivity contribution in [2.75, 3.05) is 50.0 Å². The number of anilines is 2. The first-order valence-corrected chi connectivity index (χ1v) is 12.6. The molecule has 1 aliphatic heterocycles. The smallest absolute Gasteiger partial charge is 0.409 e. The summed E-state index contributed by atoms with van der Waals surface area (Å²) in [6.07, 6.45) is 2.55. The zero-order valence-corrected chi connectivity index (χ0v) is 21.1. The number of urea groups is 1. The van der Waals surface area contributed by atoms with Crippen molar-refractivity contribution in [3.8, 4) is 16.3 Å². The van der Waals surface area contributed by atoms with Crippen molar-refractivity contribution in [3.05, 3.63) is 47.7 Å². The minimum Gasteiger partial charge on any atom is -0.409 e. The molecular weight excluding hydrogens is 520 g/mol. The molecule has 14 heteroatoms. The number of nitrogens with zero attached hydrogens (tertiary/aromatic N) is 4. The fourth-order valence-corrected chi connectivity index (χ4v) is 4.61. The first kappa shape index (κ1) is 24.9. The lowest BCUT2D eigenvalue weighted by atomic mass is 10.2. The Bertz CT molecular complexity index is 1400. The Morgan fingerprint density at radius 2 is 2.03 bits per heavy atom. The maximum Gasteiger partial charge on any atom is 0.412 e. The summed E-state index contributed by atoms with van der Waals surface area (Å²) in [4.78, 5) is 36.5. The number of carbonyl (C=O) groups is 2. The number of aromatic amines is 1. The van der Waals surface area contributed by atoms with Gasteiger partial charge in [0.15, 0.2) is 10.8 Å². The average Bonchev–Trinajstić information content (AvgIpc) is 3.56. The third kappa shape index (κ3) is 6.32. The summed E-state index contributed by atoms with van der Waals surface area (Å²) >= 11 is 7.30. The van der Waals surface area contributed by atoms with Gasteiger partial charge in [0, 0.05) is 38.4 Å². The minimum atomic E-state index is -0.573. The van der Waals surface area contributed by atoms with Crippen molar-refractivity contribution in [2.45, 2.75) is 0 Å². The highest BCUT2D eigenvalue weighted by atomic mass is 35.5. The van der Waals surface area contributed by atoms with Gasteiger partial charge in [0.2, 0.25) is 0 Å². The molecule has 0 saturated carbocycles. The molecule has 1 aromatic carbocycles. The van der Waals surface area contributed by atoms with E-state index in [1.165, 1.54) is 11.3 Å². The topological polar surface area (TPSA) is 146 Å². The second kappa shape index (κ2) is 11.5. The quantitative estimate of drug-likeness (QED) is 0.276. The minimum absolute atomic E-state index is 0.303. The molecule has 0 atom stereocenters. The largest absolute Gasteiger partial charge is 0.412 e. The Morgan fingerprint density at radius 1 is 1.19 bits per heavy atom. The van der Waals surface area contributed by atoms with Gasteiger partial charge in [0.1, 0.15) is 5.75 Å². The second-order valence-electron chi connectivity index (χ2n) is 8.00. The molecule has 1 fully saturated rings. The summed E-state index contributed by atoms with van der Waals surface area (Å²) in [5.74, 6) is 0.303. The van der Waals surface area contributed by atoms with Crippen LogP contribution in [0.2, 0.25) is 5.02 Å². The van der Waals surface area contributed by atoms with Crippen molar-refractivity contribution >= 4 is 56.9 Å². The Balaban J connectivity index is 1.24. The fraction of sp³-hybridized carbons (Fsp3) is 0.261. The number of hydrogen-bond donors (Lipinski definition) is 4. The maximum atomic E-state index is 12.5. The fourth-order valence-electron chi connectivity index (χ4n) is 3.65. The predicted molar refractivity (Wildman–Crippen MR) is 140 cm³/mol. The van der Waals surface area contributed by atoms with Gasteiger partial charge in [-0.3, -0.25) is 15.3 Å². The average molecular weight is 543 g/mol. The highest BCUT2D eigenvalue weighted by molar-refractivity contribution is 7.19. The van der Waals surface area contributed by atoms with Crippen molar-refractivity contribution in [1.29, 1.82) is 0 Å². The number of aromatic nitrogens is 4. The highest BCUT2D eigenvalue weighted by Crippen LogP contribution is 2.33. The van der Waals surface area contributed by atoms with Gasteiger partial charge in [-0.1, -0.05) is 35.1 Å². The summed E-state index contributed by atoms with van der Waals surface area (Å²) in [6.45, 7) is 4.24. The number of benzene rings is 1. The van der Waals surface area contributed by atoms with Crippen LogP contribution in [0.4, 0.5) is 20.4 Å². The maximum absolute atomic E-state index is 12.5. The van der Waals surface area contributed by atoms with Crippen LogP contribution in [0, 0.1) is 0 Å². The molecule has 3 aromatic heterocycles.